The van der Waals surface area contributed by atoms with Gasteiger partial charge in [0.15, 0.2) is 0 Å². The number of benzene rings is 2. The Hall–Kier alpha value is -2.34. The van der Waals surface area contributed by atoms with E-state index in [-0.39, 0.29) is 24.0 Å². The summed E-state index contributed by atoms with van der Waals surface area (Å²) in [5.41, 5.74) is 4.40. The lowest BCUT2D eigenvalue weighted by Crippen LogP contribution is -2.35. The van der Waals surface area contributed by atoms with Crippen LogP contribution >= 0.6 is 15.9 Å². The van der Waals surface area contributed by atoms with E-state index in [4.69, 9.17) is 4.74 Å². The number of nitrogens with zero attached hydrogens (tertiary/aromatic N) is 1. The van der Waals surface area contributed by atoms with Gasteiger partial charge in [0.25, 0.3) is 0 Å². The summed E-state index contributed by atoms with van der Waals surface area (Å²) in [7, 11) is 0. The van der Waals surface area contributed by atoms with Crippen LogP contribution in [0.5, 0.6) is 5.75 Å². The molecule has 1 amide bonds. The van der Waals surface area contributed by atoms with Crippen molar-refractivity contribution >= 4 is 33.5 Å². The molecule has 4 rings (SSSR count). The first-order valence-electron chi connectivity index (χ1n) is 9.57. The van der Waals surface area contributed by atoms with Crippen molar-refractivity contribution in [2.45, 2.75) is 45.2 Å². The summed E-state index contributed by atoms with van der Waals surface area (Å²) in [5, 5.41) is 3.63. The van der Waals surface area contributed by atoms with E-state index in [0.29, 0.717) is 12.2 Å². The van der Waals surface area contributed by atoms with Gasteiger partial charge in [0.2, 0.25) is 5.91 Å². The zero-order valence-electron chi connectivity index (χ0n) is 16.0. The van der Waals surface area contributed by atoms with Crippen molar-refractivity contribution in [3.63, 3.8) is 0 Å². The third kappa shape index (κ3) is 3.65. The van der Waals surface area contributed by atoms with E-state index in [9.17, 15) is 9.59 Å². The lowest BCUT2D eigenvalue weighted by atomic mass is 9.87. The Morgan fingerprint density at radius 2 is 2.11 bits per heavy atom. The second-order valence-electron chi connectivity index (χ2n) is 7.52. The largest absolute Gasteiger partial charge is 0.427 e. The number of rotatable bonds is 3. The molecule has 1 N–H and O–H groups in total. The number of aryl methyl sites for hydroxylation is 1. The number of amides is 1. The summed E-state index contributed by atoms with van der Waals surface area (Å²) in [6.07, 6.45) is 2.31. The predicted molar refractivity (Wildman–Crippen MR) is 111 cm³/mol. The number of hydrogen-bond donors (Lipinski definition) is 1. The number of hydrogen-bond acceptors (Lipinski definition) is 4. The lowest BCUT2D eigenvalue weighted by Gasteiger charge is -2.39. The summed E-state index contributed by atoms with van der Waals surface area (Å²) in [6.45, 7) is 4.27. The minimum atomic E-state index is -0.335. The van der Waals surface area contributed by atoms with Gasteiger partial charge in [-0.05, 0) is 70.6 Å². The van der Waals surface area contributed by atoms with Gasteiger partial charge in [-0.1, -0.05) is 18.2 Å². The molecular weight excluding hydrogens is 420 g/mol. The van der Waals surface area contributed by atoms with E-state index < -0.39 is 0 Å². The molecule has 6 heteroatoms. The molecular formula is C22H23BrN2O3. The highest BCUT2D eigenvalue weighted by Crippen LogP contribution is 2.46. The van der Waals surface area contributed by atoms with Gasteiger partial charge in [-0.3, -0.25) is 9.59 Å². The van der Waals surface area contributed by atoms with Crippen molar-refractivity contribution in [1.29, 1.82) is 0 Å². The number of nitrogens with one attached hydrogen (secondary N) is 1. The number of anilines is 1. The van der Waals surface area contributed by atoms with Crippen LogP contribution in [0.2, 0.25) is 0 Å². The van der Waals surface area contributed by atoms with Gasteiger partial charge in [0, 0.05) is 24.4 Å². The molecule has 2 aromatic carbocycles. The molecule has 0 aliphatic carbocycles. The Morgan fingerprint density at radius 1 is 1.29 bits per heavy atom. The molecule has 2 aliphatic heterocycles. The van der Waals surface area contributed by atoms with Crippen LogP contribution in [0.25, 0.3) is 0 Å². The maximum Gasteiger partial charge on any atom is 0.308 e. The first-order chi connectivity index (χ1) is 13.4. The van der Waals surface area contributed by atoms with Crippen molar-refractivity contribution in [3.8, 4) is 5.75 Å². The average molecular weight is 443 g/mol. The molecule has 5 nitrogen and oxygen atoms in total. The zero-order chi connectivity index (χ0) is 19.8. The molecule has 0 bridgehead atoms. The first kappa shape index (κ1) is 19.0. The maximum atomic E-state index is 12.5. The highest BCUT2D eigenvalue weighted by Gasteiger charge is 2.36. The van der Waals surface area contributed by atoms with Gasteiger partial charge < -0.3 is 15.0 Å². The van der Waals surface area contributed by atoms with E-state index in [1.165, 1.54) is 12.5 Å². The van der Waals surface area contributed by atoms with Crippen LogP contribution < -0.4 is 10.1 Å². The SMILES string of the molecule is CC(=O)Oc1cccc(C2CC(N3CCCC3=O)c3cc(C)cc(Br)c3N2)c1. The molecule has 0 radical (unpaired) electrons. The molecule has 28 heavy (non-hydrogen) atoms. The Kier molecular flexibility index (Phi) is 5.15. The van der Waals surface area contributed by atoms with Crippen LogP contribution in [0.3, 0.4) is 0 Å². The zero-order valence-corrected chi connectivity index (χ0v) is 17.6. The highest BCUT2D eigenvalue weighted by atomic mass is 79.9. The van der Waals surface area contributed by atoms with Crippen LogP contribution in [-0.4, -0.2) is 23.3 Å². The average Bonchev–Trinajstić information content (AvgIpc) is 3.06. The van der Waals surface area contributed by atoms with Gasteiger partial charge in [-0.25, -0.2) is 0 Å². The van der Waals surface area contributed by atoms with Crippen molar-refractivity contribution < 1.29 is 14.3 Å². The number of halogens is 1. The van der Waals surface area contributed by atoms with Gasteiger partial charge in [-0.15, -0.1) is 0 Å². The molecule has 2 aliphatic rings. The predicted octanol–water partition coefficient (Wildman–Crippen LogP) is 4.90. The van der Waals surface area contributed by atoms with E-state index in [1.807, 2.05) is 23.1 Å². The molecule has 2 unspecified atom stereocenters. The fourth-order valence-electron chi connectivity index (χ4n) is 4.24. The fourth-order valence-corrected chi connectivity index (χ4v) is 4.95. The van der Waals surface area contributed by atoms with Crippen molar-refractivity contribution in [2.24, 2.45) is 0 Å². The standard InChI is InChI=1S/C22H23BrN2O3/c1-13-9-17-20(25-8-4-7-21(25)27)12-19(24-22(17)18(23)10-13)15-5-3-6-16(11-15)28-14(2)26/h3,5-6,9-11,19-20,24H,4,7-8,12H2,1-2H3. The second-order valence-corrected chi connectivity index (χ2v) is 8.37. The Morgan fingerprint density at radius 3 is 2.82 bits per heavy atom. The van der Waals surface area contributed by atoms with Gasteiger partial charge in [0.05, 0.1) is 17.8 Å². The summed E-state index contributed by atoms with van der Waals surface area (Å²) in [5.74, 6) is 0.426. The van der Waals surface area contributed by atoms with Crippen LogP contribution in [0.15, 0.2) is 40.9 Å². The molecule has 2 atom stereocenters. The maximum absolute atomic E-state index is 12.5. The fraction of sp³-hybridized carbons (Fsp3) is 0.364. The number of esters is 1. The molecule has 0 spiro atoms. The van der Waals surface area contributed by atoms with E-state index in [0.717, 1.165) is 40.7 Å². The number of carbonyl (C=O) groups is 2. The Bertz CT molecular complexity index is 943. The monoisotopic (exact) mass is 442 g/mol. The number of likely N-dealkylation sites (tertiary alicyclic amines) is 1. The third-order valence-electron chi connectivity index (χ3n) is 5.41. The topological polar surface area (TPSA) is 58.6 Å². The molecule has 1 fully saturated rings. The molecule has 0 aromatic heterocycles. The minimum Gasteiger partial charge on any atom is -0.427 e. The molecule has 2 heterocycles. The highest BCUT2D eigenvalue weighted by molar-refractivity contribution is 9.10. The minimum absolute atomic E-state index is 0.0143. The van der Waals surface area contributed by atoms with Crippen LogP contribution in [0.1, 0.15) is 55.0 Å². The number of carbonyl (C=O) groups excluding carboxylic acids is 2. The molecule has 146 valence electrons. The normalized spacial score (nSPS) is 21.2. The van der Waals surface area contributed by atoms with Crippen LogP contribution in [0.4, 0.5) is 5.69 Å². The van der Waals surface area contributed by atoms with Crippen molar-refractivity contribution in [3.05, 3.63) is 57.6 Å². The summed E-state index contributed by atoms with van der Waals surface area (Å²) >= 11 is 3.70. The van der Waals surface area contributed by atoms with Crippen LogP contribution in [0, 0.1) is 6.92 Å². The Balaban J connectivity index is 1.73. The van der Waals surface area contributed by atoms with Gasteiger partial charge in [0.1, 0.15) is 5.75 Å². The number of fused-ring (bicyclic) bond motifs is 1. The molecule has 2 aromatic rings. The van der Waals surface area contributed by atoms with Crippen molar-refractivity contribution in [1.82, 2.24) is 4.90 Å². The summed E-state index contributed by atoms with van der Waals surface area (Å²) in [4.78, 5) is 25.8. The third-order valence-corrected chi connectivity index (χ3v) is 6.04. The van der Waals surface area contributed by atoms with E-state index in [1.54, 1.807) is 6.07 Å². The second kappa shape index (κ2) is 7.59. The smallest absolute Gasteiger partial charge is 0.308 e. The summed E-state index contributed by atoms with van der Waals surface area (Å²) < 4.78 is 6.26. The Labute approximate surface area is 173 Å². The van der Waals surface area contributed by atoms with Gasteiger partial charge in [-0.2, -0.15) is 0 Å². The molecule has 0 saturated carbocycles. The number of ether oxygens (including phenoxy) is 1. The van der Waals surface area contributed by atoms with E-state index in [2.05, 4.69) is 40.3 Å². The first-order valence-corrected chi connectivity index (χ1v) is 10.4. The summed E-state index contributed by atoms with van der Waals surface area (Å²) in [6, 6.07) is 11.9. The van der Waals surface area contributed by atoms with E-state index >= 15 is 0 Å². The lowest BCUT2D eigenvalue weighted by molar-refractivity contribution is -0.132. The quantitative estimate of drug-likeness (QED) is 0.542. The molecule has 1 saturated heterocycles. The van der Waals surface area contributed by atoms with Crippen LogP contribution in [-0.2, 0) is 9.59 Å². The van der Waals surface area contributed by atoms with Gasteiger partial charge >= 0.3 is 5.97 Å². The van der Waals surface area contributed by atoms with Crippen molar-refractivity contribution in [2.75, 3.05) is 11.9 Å².